The second kappa shape index (κ2) is 7.41. The number of nitrogens with two attached hydrogens (primary N) is 1. The number of carbonyl (C=O) groups is 2. The van der Waals surface area contributed by atoms with Crippen molar-refractivity contribution < 1.29 is 14.0 Å². The number of hydrogen-bond donors (Lipinski definition) is 2. The maximum atomic E-state index is 13.7. The minimum absolute atomic E-state index is 0.0604. The zero-order valence-electron chi connectivity index (χ0n) is 17.9. The Bertz CT molecular complexity index is 1270. The molecule has 0 saturated carbocycles. The Morgan fingerprint density at radius 1 is 1.09 bits per heavy atom. The molecule has 1 aromatic heterocycles. The van der Waals surface area contributed by atoms with Crippen LogP contribution in [0.1, 0.15) is 59.0 Å². The van der Waals surface area contributed by atoms with Gasteiger partial charge in [0.25, 0.3) is 0 Å². The lowest BCUT2D eigenvalue weighted by Gasteiger charge is -2.38. The molecule has 1 atom stereocenters. The van der Waals surface area contributed by atoms with E-state index in [0.717, 1.165) is 21.8 Å². The number of Topliss-reactive ketones (excluding diaryl/α,β-unsaturated/α-hetero) is 1. The van der Waals surface area contributed by atoms with E-state index in [-0.39, 0.29) is 22.8 Å². The summed E-state index contributed by atoms with van der Waals surface area (Å²) in [5, 5.41) is 4.21. The highest BCUT2D eigenvalue weighted by Gasteiger charge is 2.43. The van der Waals surface area contributed by atoms with Crippen molar-refractivity contribution >= 4 is 33.6 Å². The van der Waals surface area contributed by atoms with Gasteiger partial charge in [0.05, 0.1) is 10.7 Å². The summed E-state index contributed by atoms with van der Waals surface area (Å²) >= 11 is 1.32. The first-order chi connectivity index (χ1) is 15.2. The third kappa shape index (κ3) is 3.35. The molecule has 6 heteroatoms. The van der Waals surface area contributed by atoms with Crippen LogP contribution in [-0.2, 0) is 4.79 Å². The standard InChI is InChI=1S/C26H23FN2O2S/c1-26(2)12-17-20(18(30)13-26)19(14-8-10-16(27)11-9-14)21-22(28)24(32-25(21)29-17)23(31)15-6-4-3-5-7-15/h3-11,19,29H,12-13,28H2,1-2H3/t19-/m0/s1. The number of halogens is 1. The molecule has 0 radical (unpaired) electrons. The molecule has 2 heterocycles. The number of hydrogen-bond acceptors (Lipinski definition) is 5. The van der Waals surface area contributed by atoms with Gasteiger partial charge >= 0.3 is 0 Å². The molecule has 0 fully saturated rings. The van der Waals surface area contributed by atoms with E-state index >= 15 is 0 Å². The normalized spacial score (nSPS) is 19.2. The van der Waals surface area contributed by atoms with Crippen LogP contribution in [0.2, 0.25) is 0 Å². The number of ketones is 2. The molecule has 1 aliphatic heterocycles. The van der Waals surface area contributed by atoms with Gasteiger partial charge in [-0.05, 0) is 29.5 Å². The van der Waals surface area contributed by atoms with Crippen LogP contribution >= 0.6 is 11.3 Å². The molecule has 2 aromatic carbocycles. The highest BCUT2D eigenvalue weighted by Crippen LogP contribution is 2.54. The van der Waals surface area contributed by atoms with Crippen LogP contribution in [0.15, 0.2) is 65.9 Å². The Balaban J connectivity index is 1.69. The van der Waals surface area contributed by atoms with Gasteiger partial charge in [0.15, 0.2) is 5.78 Å². The largest absolute Gasteiger partial charge is 0.397 e. The first-order valence-corrected chi connectivity index (χ1v) is 11.4. The van der Waals surface area contributed by atoms with E-state index < -0.39 is 5.92 Å². The molecule has 0 saturated heterocycles. The van der Waals surface area contributed by atoms with Gasteiger partial charge in [0.1, 0.15) is 10.7 Å². The number of rotatable bonds is 3. The molecule has 0 bridgehead atoms. The number of nitrogen functional groups attached to an aromatic ring is 1. The predicted octanol–water partition coefficient (Wildman–Crippen LogP) is 5.90. The summed E-state index contributed by atoms with van der Waals surface area (Å²) in [6.07, 6.45) is 1.14. The maximum absolute atomic E-state index is 13.7. The summed E-state index contributed by atoms with van der Waals surface area (Å²) in [5.41, 5.74) is 10.4. The topological polar surface area (TPSA) is 72.2 Å². The van der Waals surface area contributed by atoms with Crippen LogP contribution in [0.4, 0.5) is 15.1 Å². The molecule has 4 nitrogen and oxygen atoms in total. The highest BCUT2D eigenvalue weighted by molar-refractivity contribution is 7.19. The van der Waals surface area contributed by atoms with Gasteiger partial charge in [-0.3, -0.25) is 9.59 Å². The van der Waals surface area contributed by atoms with Crippen molar-refractivity contribution in [2.75, 3.05) is 11.1 Å². The smallest absolute Gasteiger partial charge is 0.205 e. The fourth-order valence-corrected chi connectivity index (χ4v) is 5.92. The molecule has 3 aromatic rings. The molecule has 5 rings (SSSR count). The average molecular weight is 447 g/mol. The Labute approximate surface area is 190 Å². The van der Waals surface area contributed by atoms with Crippen LogP contribution in [0.25, 0.3) is 0 Å². The molecule has 0 spiro atoms. The zero-order chi connectivity index (χ0) is 22.6. The second-order valence-electron chi connectivity index (χ2n) is 9.23. The van der Waals surface area contributed by atoms with Crippen molar-refractivity contribution in [1.29, 1.82) is 0 Å². The lowest BCUT2D eigenvalue weighted by atomic mass is 9.69. The number of benzene rings is 2. The molecule has 0 amide bonds. The number of fused-ring (bicyclic) bond motifs is 1. The third-order valence-corrected chi connectivity index (χ3v) is 7.33. The maximum Gasteiger partial charge on any atom is 0.205 e. The van der Waals surface area contributed by atoms with E-state index in [1.165, 1.54) is 23.5 Å². The Morgan fingerprint density at radius 2 is 1.78 bits per heavy atom. The van der Waals surface area contributed by atoms with Gasteiger partial charge < -0.3 is 11.1 Å². The number of carbonyl (C=O) groups excluding carboxylic acids is 2. The SMILES string of the molecule is CC1(C)CC(=O)C2=C(C1)Nc1sc(C(=O)c3ccccc3)c(N)c1[C@H]2c1ccc(F)cc1. The molecular formula is C26H23FN2O2S. The van der Waals surface area contributed by atoms with Gasteiger partial charge in [-0.2, -0.15) is 0 Å². The van der Waals surface area contributed by atoms with Crippen molar-refractivity contribution in [3.63, 3.8) is 0 Å². The Morgan fingerprint density at radius 3 is 2.47 bits per heavy atom. The van der Waals surface area contributed by atoms with Crippen LogP contribution < -0.4 is 11.1 Å². The van der Waals surface area contributed by atoms with Crippen LogP contribution in [0.5, 0.6) is 0 Å². The fraction of sp³-hybridized carbons (Fsp3) is 0.231. The van der Waals surface area contributed by atoms with Crippen LogP contribution in [0, 0.1) is 11.2 Å². The summed E-state index contributed by atoms with van der Waals surface area (Å²) in [6, 6.07) is 15.2. The minimum Gasteiger partial charge on any atom is -0.397 e. The monoisotopic (exact) mass is 446 g/mol. The highest BCUT2D eigenvalue weighted by atomic mass is 32.1. The summed E-state index contributed by atoms with van der Waals surface area (Å²) in [4.78, 5) is 27.0. The van der Waals surface area contributed by atoms with E-state index in [1.807, 2.05) is 18.2 Å². The van der Waals surface area contributed by atoms with Gasteiger partial charge in [-0.15, -0.1) is 11.3 Å². The number of anilines is 2. The van der Waals surface area contributed by atoms with E-state index in [2.05, 4.69) is 19.2 Å². The zero-order valence-corrected chi connectivity index (χ0v) is 18.7. The van der Waals surface area contributed by atoms with Crippen molar-refractivity contribution in [3.8, 4) is 0 Å². The van der Waals surface area contributed by atoms with Crippen LogP contribution in [0.3, 0.4) is 0 Å². The summed E-state index contributed by atoms with van der Waals surface area (Å²) in [7, 11) is 0. The quantitative estimate of drug-likeness (QED) is 0.491. The molecule has 162 valence electrons. The predicted molar refractivity (Wildman–Crippen MR) is 126 cm³/mol. The molecule has 32 heavy (non-hydrogen) atoms. The lowest BCUT2D eigenvalue weighted by molar-refractivity contribution is -0.118. The van der Waals surface area contributed by atoms with Crippen molar-refractivity contribution in [2.24, 2.45) is 5.41 Å². The second-order valence-corrected chi connectivity index (χ2v) is 10.2. The first kappa shape index (κ1) is 20.6. The molecule has 2 aliphatic rings. The summed E-state index contributed by atoms with van der Waals surface area (Å²) in [6.45, 7) is 4.15. The third-order valence-electron chi connectivity index (χ3n) is 6.19. The van der Waals surface area contributed by atoms with Gasteiger partial charge in [-0.1, -0.05) is 56.3 Å². The van der Waals surface area contributed by atoms with E-state index in [1.54, 1.807) is 24.3 Å². The van der Waals surface area contributed by atoms with Crippen molar-refractivity contribution in [1.82, 2.24) is 0 Å². The van der Waals surface area contributed by atoms with Crippen molar-refractivity contribution in [3.05, 3.63) is 93.3 Å². The van der Waals surface area contributed by atoms with Gasteiger partial charge in [0.2, 0.25) is 5.78 Å². The van der Waals surface area contributed by atoms with E-state index in [4.69, 9.17) is 5.73 Å². The first-order valence-electron chi connectivity index (χ1n) is 10.6. The number of nitrogens with one attached hydrogen (secondary N) is 1. The Hall–Kier alpha value is -3.25. The number of thiophene rings is 1. The lowest BCUT2D eigenvalue weighted by Crippen LogP contribution is -2.33. The minimum atomic E-state index is -0.431. The Kier molecular flexibility index (Phi) is 4.78. The van der Waals surface area contributed by atoms with Gasteiger partial charge in [-0.25, -0.2) is 4.39 Å². The molecule has 1 aliphatic carbocycles. The van der Waals surface area contributed by atoms with E-state index in [0.29, 0.717) is 34.5 Å². The fourth-order valence-electron chi connectivity index (χ4n) is 4.78. The average Bonchev–Trinajstić information content (AvgIpc) is 3.08. The van der Waals surface area contributed by atoms with E-state index in [9.17, 15) is 14.0 Å². The molecule has 3 N–H and O–H groups in total. The summed E-state index contributed by atoms with van der Waals surface area (Å²) < 4.78 is 13.7. The van der Waals surface area contributed by atoms with Crippen molar-refractivity contribution in [2.45, 2.75) is 32.6 Å². The van der Waals surface area contributed by atoms with Gasteiger partial charge in [0, 0.05) is 34.7 Å². The summed E-state index contributed by atoms with van der Waals surface area (Å²) in [5.74, 6) is -0.859. The molecule has 0 unspecified atom stereocenters. The molecular weight excluding hydrogens is 423 g/mol. The number of allylic oxidation sites excluding steroid dienone is 2. The van der Waals surface area contributed by atoms with Crippen LogP contribution in [-0.4, -0.2) is 11.6 Å².